The lowest BCUT2D eigenvalue weighted by molar-refractivity contribution is 0.415. The second kappa shape index (κ2) is 7.19. The van der Waals surface area contributed by atoms with E-state index in [9.17, 15) is 0 Å². The van der Waals surface area contributed by atoms with Crippen molar-refractivity contribution < 1.29 is 4.74 Å². The van der Waals surface area contributed by atoms with Crippen molar-refractivity contribution in [1.82, 2.24) is 19.7 Å². The number of aryl methyl sites for hydroxylation is 1. The van der Waals surface area contributed by atoms with Crippen LogP contribution in [-0.4, -0.2) is 32.9 Å². The third kappa shape index (κ3) is 3.42. The summed E-state index contributed by atoms with van der Waals surface area (Å²) >= 11 is 0. The van der Waals surface area contributed by atoms with Gasteiger partial charge in [-0.25, -0.2) is 0 Å². The first-order valence-corrected chi connectivity index (χ1v) is 9.10. The molecule has 1 aromatic carbocycles. The van der Waals surface area contributed by atoms with Crippen LogP contribution in [0.3, 0.4) is 0 Å². The molecule has 0 amide bonds. The second-order valence-corrected chi connectivity index (χ2v) is 6.74. The van der Waals surface area contributed by atoms with E-state index in [1.165, 1.54) is 32.1 Å². The lowest BCUT2D eigenvalue weighted by Gasteiger charge is -2.23. The highest BCUT2D eigenvalue weighted by molar-refractivity contribution is 5.89. The van der Waals surface area contributed by atoms with E-state index in [4.69, 9.17) is 9.72 Å². The molecular weight excluding hydrogens is 328 g/mol. The summed E-state index contributed by atoms with van der Waals surface area (Å²) in [5, 5.41) is 12.1. The number of hydrogen-bond acceptors (Lipinski definition) is 6. The molecule has 1 aliphatic carbocycles. The number of fused-ring (bicyclic) bond motifs is 1. The van der Waals surface area contributed by atoms with E-state index in [2.05, 4.69) is 20.7 Å². The number of methoxy groups -OCH3 is 1. The lowest BCUT2D eigenvalue weighted by atomic mass is 9.96. The number of nitrogens with zero attached hydrogens (tertiary/aromatic N) is 4. The maximum atomic E-state index is 5.31. The zero-order valence-electron chi connectivity index (χ0n) is 15.2. The summed E-state index contributed by atoms with van der Waals surface area (Å²) in [5.41, 5.74) is 1.72. The molecule has 7 nitrogen and oxygen atoms in total. The van der Waals surface area contributed by atoms with Gasteiger partial charge in [-0.3, -0.25) is 4.68 Å². The largest absolute Gasteiger partial charge is 0.497 e. The van der Waals surface area contributed by atoms with Gasteiger partial charge in [-0.2, -0.15) is 15.1 Å². The first-order chi connectivity index (χ1) is 12.7. The summed E-state index contributed by atoms with van der Waals surface area (Å²) in [6.07, 6.45) is 7.99. The van der Waals surface area contributed by atoms with Gasteiger partial charge in [0, 0.05) is 24.8 Å². The van der Waals surface area contributed by atoms with E-state index in [0.29, 0.717) is 12.0 Å². The number of aromatic nitrogens is 4. The fraction of sp³-hybridized carbons (Fsp3) is 0.421. The van der Waals surface area contributed by atoms with Crippen molar-refractivity contribution in [3.63, 3.8) is 0 Å². The smallest absolute Gasteiger partial charge is 0.226 e. The minimum absolute atomic E-state index is 0.444. The Kier molecular flexibility index (Phi) is 4.60. The molecule has 0 aliphatic heterocycles. The number of rotatable bonds is 5. The number of hydrogen-bond donors (Lipinski definition) is 2. The summed E-state index contributed by atoms with van der Waals surface area (Å²) < 4.78 is 7.08. The van der Waals surface area contributed by atoms with Crippen LogP contribution >= 0.6 is 0 Å². The number of anilines is 3. The predicted octanol–water partition coefficient (Wildman–Crippen LogP) is 3.86. The molecule has 136 valence electrons. The van der Waals surface area contributed by atoms with Gasteiger partial charge in [0.15, 0.2) is 5.65 Å². The average Bonchev–Trinajstić information content (AvgIpc) is 3.04. The highest BCUT2D eigenvalue weighted by Crippen LogP contribution is 2.28. The van der Waals surface area contributed by atoms with E-state index >= 15 is 0 Å². The Morgan fingerprint density at radius 2 is 2.00 bits per heavy atom. The molecule has 1 fully saturated rings. The van der Waals surface area contributed by atoms with Crippen LogP contribution in [0.25, 0.3) is 11.0 Å². The molecule has 26 heavy (non-hydrogen) atoms. The van der Waals surface area contributed by atoms with E-state index in [0.717, 1.165) is 28.3 Å². The molecule has 0 bridgehead atoms. The Morgan fingerprint density at radius 1 is 1.15 bits per heavy atom. The van der Waals surface area contributed by atoms with Gasteiger partial charge in [0.05, 0.1) is 18.7 Å². The van der Waals surface area contributed by atoms with Crippen LogP contribution in [0.1, 0.15) is 32.1 Å². The number of ether oxygens (including phenoxy) is 1. The molecule has 0 atom stereocenters. The molecular formula is C19H24N6O. The van der Waals surface area contributed by atoms with E-state index in [1.54, 1.807) is 18.0 Å². The molecule has 0 spiro atoms. The second-order valence-electron chi connectivity index (χ2n) is 6.74. The minimum atomic E-state index is 0.444. The summed E-state index contributed by atoms with van der Waals surface area (Å²) in [6.45, 7) is 0. The fourth-order valence-electron chi connectivity index (χ4n) is 3.45. The fourth-order valence-corrected chi connectivity index (χ4v) is 3.45. The van der Waals surface area contributed by atoms with Crippen LogP contribution in [0.15, 0.2) is 30.5 Å². The third-order valence-electron chi connectivity index (χ3n) is 4.86. The van der Waals surface area contributed by atoms with Gasteiger partial charge < -0.3 is 15.4 Å². The van der Waals surface area contributed by atoms with Crippen molar-refractivity contribution in [1.29, 1.82) is 0 Å². The Bertz CT molecular complexity index is 900. The molecule has 2 aromatic heterocycles. The molecule has 0 unspecified atom stereocenters. The van der Waals surface area contributed by atoms with Crippen LogP contribution in [0.4, 0.5) is 17.5 Å². The van der Waals surface area contributed by atoms with Gasteiger partial charge in [-0.05, 0) is 25.0 Å². The van der Waals surface area contributed by atoms with Crippen molar-refractivity contribution in [2.45, 2.75) is 38.1 Å². The van der Waals surface area contributed by atoms with Crippen LogP contribution in [0, 0.1) is 0 Å². The number of benzene rings is 1. The van der Waals surface area contributed by atoms with E-state index < -0.39 is 0 Å². The third-order valence-corrected chi connectivity index (χ3v) is 4.86. The Morgan fingerprint density at radius 3 is 2.81 bits per heavy atom. The minimum Gasteiger partial charge on any atom is -0.497 e. The SMILES string of the molecule is COc1cccc(Nc2nc(NC3CCCCC3)nc3c2cnn3C)c1. The Labute approximate surface area is 152 Å². The van der Waals surface area contributed by atoms with Gasteiger partial charge in [-0.15, -0.1) is 0 Å². The summed E-state index contributed by atoms with van der Waals surface area (Å²) in [7, 11) is 3.56. The average molecular weight is 352 g/mol. The van der Waals surface area contributed by atoms with Crippen molar-refractivity contribution >= 4 is 28.5 Å². The van der Waals surface area contributed by atoms with Crippen molar-refractivity contribution in [2.75, 3.05) is 17.7 Å². The molecule has 2 N–H and O–H groups in total. The van der Waals surface area contributed by atoms with Gasteiger partial charge in [0.2, 0.25) is 5.95 Å². The zero-order chi connectivity index (χ0) is 17.9. The van der Waals surface area contributed by atoms with Crippen LogP contribution in [0.2, 0.25) is 0 Å². The van der Waals surface area contributed by atoms with Crippen LogP contribution < -0.4 is 15.4 Å². The van der Waals surface area contributed by atoms with Crippen molar-refractivity contribution in [3.8, 4) is 5.75 Å². The lowest BCUT2D eigenvalue weighted by Crippen LogP contribution is -2.23. The Hall–Kier alpha value is -2.83. The quantitative estimate of drug-likeness (QED) is 0.726. The maximum Gasteiger partial charge on any atom is 0.226 e. The molecule has 0 saturated heterocycles. The van der Waals surface area contributed by atoms with Crippen LogP contribution in [-0.2, 0) is 7.05 Å². The molecule has 4 rings (SSSR count). The molecule has 7 heteroatoms. The maximum absolute atomic E-state index is 5.31. The first kappa shape index (κ1) is 16.6. The highest BCUT2D eigenvalue weighted by atomic mass is 16.5. The summed E-state index contributed by atoms with van der Waals surface area (Å²) in [5.74, 6) is 2.19. The van der Waals surface area contributed by atoms with Crippen LogP contribution in [0.5, 0.6) is 5.75 Å². The summed E-state index contributed by atoms with van der Waals surface area (Å²) in [6, 6.07) is 8.24. The van der Waals surface area contributed by atoms with Gasteiger partial charge in [-0.1, -0.05) is 25.3 Å². The zero-order valence-corrected chi connectivity index (χ0v) is 15.2. The molecule has 3 aromatic rings. The predicted molar refractivity (Wildman–Crippen MR) is 103 cm³/mol. The molecule has 2 heterocycles. The van der Waals surface area contributed by atoms with E-state index in [1.807, 2.05) is 31.3 Å². The summed E-state index contributed by atoms with van der Waals surface area (Å²) in [4.78, 5) is 9.41. The standard InChI is InChI=1S/C19H24N6O/c1-25-18-16(12-20-25)17(21-14-9-6-10-15(11-14)26-2)23-19(24-18)22-13-7-4-3-5-8-13/h6,9-13H,3-5,7-8H2,1-2H3,(H2,21,22,23,24). The highest BCUT2D eigenvalue weighted by Gasteiger charge is 2.17. The van der Waals surface area contributed by atoms with Gasteiger partial charge in [0.1, 0.15) is 11.6 Å². The molecule has 1 saturated carbocycles. The monoisotopic (exact) mass is 352 g/mol. The molecule has 0 radical (unpaired) electrons. The normalized spacial score (nSPS) is 15.2. The van der Waals surface area contributed by atoms with E-state index in [-0.39, 0.29) is 0 Å². The molecule has 1 aliphatic rings. The topological polar surface area (TPSA) is 76.9 Å². The number of nitrogens with one attached hydrogen (secondary N) is 2. The van der Waals surface area contributed by atoms with Crippen molar-refractivity contribution in [3.05, 3.63) is 30.5 Å². The van der Waals surface area contributed by atoms with Crippen molar-refractivity contribution in [2.24, 2.45) is 7.05 Å². The van der Waals surface area contributed by atoms with Gasteiger partial charge in [0.25, 0.3) is 0 Å². The van der Waals surface area contributed by atoms with Gasteiger partial charge >= 0.3 is 0 Å². The Balaban J connectivity index is 1.67. The first-order valence-electron chi connectivity index (χ1n) is 9.10.